The van der Waals surface area contributed by atoms with E-state index < -0.39 is 0 Å². The molecular formula is C21H24N8OS. The number of anilines is 1. The molecule has 0 aromatic carbocycles. The number of hydrogen-bond acceptors (Lipinski definition) is 7. The molecule has 4 aromatic heterocycles. The fourth-order valence-electron chi connectivity index (χ4n) is 3.86. The fourth-order valence-corrected chi connectivity index (χ4v) is 4.73. The standard InChI is InChI=1S/C21H24N8OS/c1-13-3-4-18(31-13)17-10-23-20-16(28-7-5-22-6-8-28)9-15(11-29(17)20)21(30)26-14(2)19-24-12-25-27-19/h3-4,9-12,14,22H,5-8H2,1-2H3,(H,26,30)(H,24,25,27)/t14-/m0/s1. The molecule has 0 unspecified atom stereocenters. The van der Waals surface area contributed by atoms with Crippen LogP contribution in [-0.4, -0.2) is 56.7 Å². The van der Waals surface area contributed by atoms with Crippen LogP contribution in [0.4, 0.5) is 5.69 Å². The second-order valence-corrected chi connectivity index (χ2v) is 8.95. The molecule has 1 saturated heterocycles. The molecule has 1 fully saturated rings. The summed E-state index contributed by atoms with van der Waals surface area (Å²) in [6.45, 7) is 7.52. The Balaban J connectivity index is 1.57. The zero-order valence-corrected chi connectivity index (χ0v) is 18.2. The lowest BCUT2D eigenvalue weighted by molar-refractivity contribution is 0.0938. The maximum Gasteiger partial charge on any atom is 0.253 e. The van der Waals surface area contributed by atoms with E-state index in [1.807, 2.05) is 29.8 Å². The quantitative estimate of drug-likeness (QED) is 0.444. The van der Waals surface area contributed by atoms with E-state index in [4.69, 9.17) is 4.98 Å². The van der Waals surface area contributed by atoms with Crippen LogP contribution in [0.25, 0.3) is 16.2 Å². The first kappa shape index (κ1) is 19.7. The molecule has 31 heavy (non-hydrogen) atoms. The van der Waals surface area contributed by atoms with Crippen molar-refractivity contribution in [2.45, 2.75) is 19.9 Å². The molecule has 1 atom stereocenters. The van der Waals surface area contributed by atoms with Crippen LogP contribution in [-0.2, 0) is 0 Å². The van der Waals surface area contributed by atoms with Gasteiger partial charge in [0.2, 0.25) is 0 Å². The third kappa shape index (κ3) is 3.79. The molecule has 5 heterocycles. The number of pyridine rings is 1. The number of carbonyl (C=O) groups is 1. The van der Waals surface area contributed by atoms with Crippen molar-refractivity contribution in [3.8, 4) is 10.6 Å². The maximum absolute atomic E-state index is 13.2. The minimum Gasteiger partial charge on any atom is -0.366 e. The van der Waals surface area contributed by atoms with Crippen molar-refractivity contribution in [1.82, 2.24) is 35.2 Å². The van der Waals surface area contributed by atoms with Crippen molar-refractivity contribution >= 4 is 28.6 Å². The summed E-state index contributed by atoms with van der Waals surface area (Å²) < 4.78 is 2.04. The summed E-state index contributed by atoms with van der Waals surface area (Å²) in [6.07, 6.45) is 5.21. The normalized spacial score (nSPS) is 15.4. The molecular weight excluding hydrogens is 412 g/mol. The number of imidazole rings is 1. The fraction of sp³-hybridized carbons (Fsp3) is 0.333. The number of aromatic amines is 1. The van der Waals surface area contributed by atoms with Gasteiger partial charge in [-0.15, -0.1) is 11.3 Å². The Labute approximate surface area is 183 Å². The highest BCUT2D eigenvalue weighted by molar-refractivity contribution is 7.15. The first-order chi connectivity index (χ1) is 15.1. The average molecular weight is 437 g/mol. The lowest BCUT2D eigenvalue weighted by atomic mass is 10.2. The molecule has 1 aliphatic heterocycles. The molecule has 1 aliphatic rings. The van der Waals surface area contributed by atoms with Crippen molar-refractivity contribution in [3.05, 3.63) is 53.2 Å². The maximum atomic E-state index is 13.2. The summed E-state index contributed by atoms with van der Waals surface area (Å²) in [5.41, 5.74) is 3.41. The van der Waals surface area contributed by atoms with Crippen LogP contribution in [0.3, 0.4) is 0 Å². The van der Waals surface area contributed by atoms with Gasteiger partial charge in [0.05, 0.1) is 34.1 Å². The summed E-state index contributed by atoms with van der Waals surface area (Å²) >= 11 is 1.72. The summed E-state index contributed by atoms with van der Waals surface area (Å²) in [4.78, 5) is 26.7. The van der Waals surface area contributed by atoms with Gasteiger partial charge in [-0.1, -0.05) is 0 Å². The van der Waals surface area contributed by atoms with Crippen molar-refractivity contribution in [1.29, 1.82) is 0 Å². The highest BCUT2D eigenvalue weighted by Crippen LogP contribution is 2.32. The van der Waals surface area contributed by atoms with E-state index >= 15 is 0 Å². The number of piperazine rings is 1. The number of rotatable bonds is 5. The van der Waals surface area contributed by atoms with Gasteiger partial charge in [0.15, 0.2) is 5.65 Å². The Bertz CT molecular complexity index is 1210. The topological polar surface area (TPSA) is 103 Å². The van der Waals surface area contributed by atoms with Crippen molar-refractivity contribution in [3.63, 3.8) is 0 Å². The number of carbonyl (C=O) groups excluding carboxylic acids is 1. The van der Waals surface area contributed by atoms with Gasteiger partial charge < -0.3 is 15.5 Å². The Morgan fingerprint density at radius 3 is 2.81 bits per heavy atom. The summed E-state index contributed by atoms with van der Waals surface area (Å²) in [5, 5.41) is 13.1. The number of H-pyrrole nitrogens is 1. The third-order valence-electron chi connectivity index (χ3n) is 5.49. The lowest BCUT2D eigenvalue weighted by Gasteiger charge is -2.30. The zero-order valence-electron chi connectivity index (χ0n) is 17.4. The van der Waals surface area contributed by atoms with Gasteiger partial charge >= 0.3 is 0 Å². The van der Waals surface area contributed by atoms with Gasteiger partial charge in [-0.2, -0.15) is 5.10 Å². The van der Waals surface area contributed by atoms with E-state index in [-0.39, 0.29) is 11.9 Å². The molecule has 5 rings (SSSR count). The van der Waals surface area contributed by atoms with Crippen LogP contribution in [0, 0.1) is 6.92 Å². The van der Waals surface area contributed by atoms with E-state index in [0.29, 0.717) is 11.4 Å². The molecule has 0 radical (unpaired) electrons. The molecule has 10 heteroatoms. The molecule has 0 saturated carbocycles. The van der Waals surface area contributed by atoms with Crippen molar-refractivity contribution in [2.75, 3.05) is 31.1 Å². The van der Waals surface area contributed by atoms with Crippen LogP contribution in [0.5, 0.6) is 0 Å². The van der Waals surface area contributed by atoms with E-state index in [0.717, 1.165) is 48.1 Å². The number of nitrogens with one attached hydrogen (secondary N) is 3. The monoisotopic (exact) mass is 436 g/mol. The summed E-state index contributed by atoms with van der Waals surface area (Å²) in [5.74, 6) is 0.457. The largest absolute Gasteiger partial charge is 0.366 e. The predicted octanol–water partition coefficient (Wildman–Crippen LogP) is 2.39. The molecule has 3 N–H and O–H groups in total. The van der Waals surface area contributed by atoms with Crippen LogP contribution in [0.2, 0.25) is 0 Å². The van der Waals surface area contributed by atoms with Gasteiger partial charge in [-0.25, -0.2) is 9.97 Å². The number of aromatic nitrogens is 5. The Morgan fingerprint density at radius 2 is 2.10 bits per heavy atom. The number of fused-ring (bicyclic) bond motifs is 1. The van der Waals surface area contributed by atoms with Crippen LogP contribution >= 0.6 is 11.3 Å². The molecule has 0 spiro atoms. The van der Waals surface area contributed by atoms with Crippen LogP contribution < -0.4 is 15.5 Å². The van der Waals surface area contributed by atoms with Crippen molar-refractivity contribution < 1.29 is 4.79 Å². The number of nitrogens with zero attached hydrogens (tertiary/aromatic N) is 5. The van der Waals surface area contributed by atoms with E-state index in [2.05, 4.69) is 49.8 Å². The Hall–Kier alpha value is -3.24. The SMILES string of the molecule is Cc1ccc(-c2cnc3c(N4CCNCC4)cc(C(=O)N[C@@H](C)c4ncn[nH]4)cn23)s1. The van der Waals surface area contributed by atoms with Gasteiger partial charge in [0, 0.05) is 37.3 Å². The second kappa shape index (κ2) is 8.12. The summed E-state index contributed by atoms with van der Waals surface area (Å²) in [6, 6.07) is 5.87. The predicted molar refractivity (Wildman–Crippen MR) is 121 cm³/mol. The van der Waals surface area contributed by atoms with E-state index in [1.54, 1.807) is 11.3 Å². The Morgan fingerprint density at radius 1 is 1.26 bits per heavy atom. The molecule has 9 nitrogen and oxygen atoms in total. The van der Waals surface area contributed by atoms with Gasteiger partial charge in [-0.3, -0.25) is 14.3 Å². The second-order valence-electron chi connectivity index (χ2n) is 7.66. The third-order valence-corrected chi connectivity index (χ3v) is 6.51. The van der Waals surface area contributed by atoms with E-state index in [9.17, 15) is 4.79 Å². The number of thiophene rings is 1. The molecule has 160 valence electrons. The minimum atomic E-state index is -0.282. The highest BCUT2D eigenvalue weighted by Gasteiger charge is 2.21. The first-order valence-corrected chi connectivity index (χ1v) is 11.1. The number of amides is 1. The lowest BCUT2D eigenvalue weighted by Crippen LogP contribution is -2.43. The van der Waals surface area contributed by atoms with Gasteiger partial charge in [0.1, 0.15) is 12.2 Å². The molecule has 1 amide bonds. The van der Waals surface area contributed by atoms with Crippen molar-refractivity contribution in [2.24, 2.45) is 0 Å². The smallest absolute Gasteiger partial charge is 0.253 e. The number of hydrogen-bond donors (Lipinski definition) is 3. The van der Waals surface area contributed by atoms with Crippen LogP contribution in [0.15, 0.2) is 36.9 Å². The average Bonchev–Trinajstić information content (AvgIpc) is 3.54. The first-order valence-electron chi connectivity index (χ1n) is 10.3. The highest BCUT2D eigenvalue weighted by atomic mass is 32.1. The minimum absolute atomic E-state index is 0.163. The van der Waals surface area contributed by atoms with Gasteiger partial charge in [-0.05, 0) is 32.0 Å². The molecule has 0 bridgehead atoms. The zero-order chi connectivity index (χ0) is 21.4. The van der Waals surface area contributed by atoms with Crippen LogP contribution in [0.1, 0.15) is 34.0 Å². The van der Waals surface area contributed by atoms with E-state index in [1.165, 1.54) is 11.2 Å². The molecule has 0 aliphatic carbocycles. The number of aryl methyl sites for hydroxylation is 1. The Kier molecular flexibility index (Phi) is 5.16. The van der Waals surface area contributed by atoms with Gasteiger partial charge in [0.25, 0.3) is 5.91 Å². The molecule has 4 aromatic rings. The summed E-state index contributed by atoms with van der Waals surface area (Å²) in [7, 11) is 0.